The van der Waals surface area contributed by atoms with Crippen molar-refractivity contribution in [1.82, 2.24) is 14.5 Å². The van der Waals surface area contributed by atoms with E-state index in [9.17, 15) is 0 Å². The summed E-state index contributed by atoms with van der Waals surface area (Å²) in [5.74, 6) is 0. The molecule has 6 rings (SSSR count). The van der Waals surface area contributed by atoms with E-state index in [2.05, 4.69) is 115 Å². The Morgan fingerprint density at radius 2 is 1.40 bits per heavy atom. The number of rotatable bonds is 4. The number of fused-ring (bicyclic) bond motifs is 3. The molecule has 0 N–H and O–H groups in total. The highest BCUT2D eigenvalue weighted by Crippen LogP contribution is 2.34. The second-order valence-corrected chi connectivity index (χ2v) is 15.0. The van der Waals surface area contributed by atoms with E-state index in [1.807, 2.05) is 18.3 Å². The molecule has 0 aliphatic carbocycles. The number of hydrogen-bond acceptors (Lipinski definition) is 2. The quantitative estimate of drug-likeness (QED) is 0.251. The van der Waals surface area contributed by atoms with Crippen LogP contribution < -0.4 is 5.19 Å². The Balaban J connectivity index is 1.57. The molecule has 3 nitrogen and oxygen atoms in total. The van der Waals surface area contributed by atoms with Crippen LogP contribution in [-0.4, -0.2) is 22.6 Å². The number of aromatic nitrogens is 3. The zero-order chi connectivity index (χ0) is 24.0. The monoisotopic (exact) mass is 469 g/mol. The molecule has 0 spiro atoms. The van der Waals surface area contributed by atoms with E-state index in [0.717, 1.165) is 33.5 Å². The summed E-state index contributed by atoms with van der Waals surface area (Å²) in [7, 11) is -1.57. The van der Waals surface area contributed by atoms with Gasteiger partial charge in [0.15, 0.2) is 0 Å². The molecule has 0 aliphatic rings. The second kappa shape index (κ2) is 8.33. The highest BCUT2D eigenvalue weighted by atomic mass is 28.3. The van der Waals surface area contributed by atoms with Gasteiger partial charge in [0.05, 0.1) is 19.3 Å². The first-order valence-electron chi connectivity index (χ1n) is 12.0. The number of benzene rings is 3. The van der Waals surface area contributed by atoms with Gasteiger partial charge in [-0.15, -0.1) is 0 Å². The molecule has 6 aromatic rings. The van der Waals surface area contributed by atoms with E-state index >= 15 is 0 Å². The van der Waals surface area contributed by atoms with E-state index in [1.54, 1.807) is 0 Å². The van der Waals surface area contributed by atoms with Crippen molar-refractivity contribution in [3.63, 3.8) is 0 Å². The SMILES string of the molecule is C[Si](C)(C)c1cnc(-c2ccc3c(c2)c2cccnc2n3-c2ccccc2)cc1-c1ccccc1. The van der Waals surface area contributed by atoms with Crippen LogP contribution in [-0.2, 0) is 0 Å². The van der Waals surface area contributed by atoms with E-state index in [-0.39, 0.29) is 0 Å². The molecule has 3 aromatic carbocycles. The van der Waals surface area contributed by atoms with Crippen molar-refractivity contribution in [2.45, 2.75) is 19.6 Å². The van der Waals surface area contributed by atoms with Crippen molar-refractivity contribution in [1.29, 1.82) is 0 Å². The summed E-state index contributed by atoms with van der Waals surface area (Å²) in [6.45, 7) is 7.15. The van der Waals surface area contributed by atoms with Gasteiger partial charge in [-0.2, -0.15) is 0 Å². The summed E-state index contributed by atoms with van der Waals surface area (Å²) >= 11 is 0. The fraction of sp³-hybridized carbons (Fsp3) is 0.0968. The number of para-hydroxylation sites is 1. The van der Waals surface area contributed by atoms with Gasteiger partial charge in [0.2, 0.25) is 0 Å². The Hall–Kier alpha value is -4.02. The number of hydrogen-bond donors (Lipinski definition) is 0. The van der Waals surface area contributed by atoms with Gasteiger partial charge in [0.25, 0.3) is 0 Å². The molecule has 0 fully saturated rings. The van der Waals surface area contributed by atoms with Gasteiger partial charge in [0.1, 0.15) is 5.65 Å². The fourth-order valence-corrected chi connectivity index (χ4v) is 6.39. The Bertz CT molecular complexity index is 1660. The highest BCUT2D eigenvalue weighted by Gasteiger charge is 2.22. The molecular formula is C31H27N3Si. The first kappa shape index (κ1) is 21.5. The lowest BCUT2D eigenvalue weighted by Gasteiger charge is -2.21. The van der Waals surface area contributed by atoms with Crippen LogP contribution in [0.4, 0.5) is 0 Å². The minimum absolute atomic E-state index is 0.970. The molecule has 0 amide bonds. The van der Waals surface area contributed by atoms with Gasteiger partial charge in [-0.3, -0.25) is 9.55 Å². The Morgan fingerprint density at radius 1 is 0.657 bits per heavy atom. The topological polar surface area (TPSA) is 30.7 Å². The van der Waals surface area contributed by atoms with Gasteiger partial charge in [-0.05, 0) is 58.8 Å². The zero-order valence-corrected chi connectivity index (χ0v) is 21.2. The van der Waals surface area contributed by atoms with Crippen LogP contribution in [0, 0.1) is 0 Å². The average Bonchev–Trinajstić information content (AvgIpc) is 3.22. The predicted molar refractivity (Wildman–Crippen MR) is 150 cm³/mol. The maximum absolute atomic E-state index is 4.97. The Labute approximate surface area is 206 Å². The molecule has 0 aliphatic heterocycles. The predicted octanol–water partition coefficient (Wildman–Crippen LogP) is 7.45. The van der Waals surface area contributed by atoms with Crippen molar-refractivity contribution in [3.8, 4) is 28.1 Å². The third-order valence-electron chi connectivity index (χ3n) is 6.63. The van der Waals surface area contributed by atoms with Crippen molar-refractivity contribution in [2.24, 2.45) is 0 Å². The maximum atomic E-state index is 4.97. The zero-order valence-electron chi connectivity index (χ0n) is 20.2. The average molecular weight is 470 g/mol. The number of nitrogens with zero attached hydrogens (tertiary/aromatic N) is 3. The van der Waals surface area contributed by atoms with Crippen LogP contribution in [0.1, 0.15) is 0 Å². The van der Waals surface area contributed by atoms with Crippen LogP contribution >= 0.6 is 0 Å². The summed E-state index contributed by atoms with van der Waals surface area (Å²) in [6.07, 6.45) is 3.98. The van der Waals surface area contributed by atoms with Gasteiger partial charge in [0, 0.05) is 34.4 Å². The summed E-state index contributed by atoms with van der Waals surface area (Å²) in [5.41, 5.74) is 7.89. The lowest BCUT2D eigenvalue weighted by atomic mass is 10.0. The van der Waals surface area contributed by atoms with E-state index < -0.39 is 8.07 Å². The van der Waals surface area contributed by atoms with Crippen molar-refractivity contribution in [3.05, 3.63) is 109 Å². The molecule has 0 bridgehead atoms. The molecular weight excluding hydrogens is 442 g/mol. The Kier molecular flexibility index (Phi) is 5.12. The molecule has 0 unspecified atom stereocenters. The summed E-state index contributed by atoms with van der Waals surface area (Å²) in [5, 5.41) is 3.72. The first-order chi connectivity index (χ1) is 17.0. The van der Waals surface area contributed by atoms with E-state index in [1.165, 1.54) is 21.7 Å². The lowest BCUT2D eigenvalue weighted by Crippen LogP contribution is -2.39. The molecule has 0 radical (unpaired) electrons. The van der Waals surface area contributed by atoms with Gasteiger partial charge in [-0.25, -0.2) is 4.98 Å². The normalized spacial score (nSPS) is 11.9. The summed E-state index contributed by atoms with van der Waals surface area (Å²) in [4.78, 5) is 9.71. The van der Waals surface area contributed by atoms with Gasteiger partial charge in [-0.1, -0.05) is 74.2 Å². The minimum Gasteiger partial charge on any atom is -0.294 e. The second-order valence-electron chi connectivity index (χ2n) is 10.0. The molecule has 0 saturated carbocycles. The van der Waals surface area contributed by atoms with Gasteiger partial charge >= 0.3 is 0 Å². The summed E-state index contributed by atoms with van der Waals surface area (Å²) in [6, 6.07) is 34.2. The molecule has 170 valence electrons. The van der Waals surface area contributed by atoms with Crippen molar-refractivity contribution >= 4 is 35.2 Å². The molecule has 3 aromatic heterocycles. The Morgan fingerprint density at radius 3 is 2.14 bits per heavy atom. The fourth-order valence-electron chi connectivity index (χ4n) is 4.91. The van der Waals surface area contributed by atoms with Crippen molar-refractivity contribution in [2.75, 3.05) is 0 Å². The highest BCUT2D eigenvalue weighted by molar-refractivity contribution is 6.89. The lowest BCUT2D eigenvalue weighted by molar-refractivity contribution is 1.14. The molecule has 0 atom stereocenters. The van der Waals surface area contributed by atoms with Crippen LogP contribution in [0.25, 0.3) is 50.0 Å². The summed E-state index contributed by atoms with van der Waals surface area (Å²) < 4.78 is 2.24. The van der Waals surface area contributed by atoms with Crippen LogP contribution in [0.5, 0.6) is 0 Å². The van der Waals surface area contributed by atoms with E-state index in [4.69, 9.17) is 9.97 Å². The van der Waals surface area contributed by atoms with E-state index in [0.29, 0.717) is 0 Å². The van der Waals surface area contributed by atoms with Crippen LogP contribution in [0.2, 0.25) is 19.6 Å². The van der Waals surface area contributed by atoms with Gasteiger partial charge < -0.3 is 0 Å². The third-order valence-corrected chi connectivity index (χ3v) is 8.65. The largest absolute Gasteiger partial charge is 0.294 e. The smallest absolute Gasteiger partial charge is 0.145 e. The standard InChI is InChI=1S/C31H27N3Si/c1-35(2,3)30-21-33-28(20-26(30)22-11-6-4-7-12-22)23-16-17-29-27(19-23)25-15-10-18-32-31(25)34(29)24-13-8-5-9-14-24/h4-21H,1-3H3. The molecule has 35 heavy (non-hydrogen) atoms. The molecule has 0 saturated heterocycles. The molecule has 3 heterocycles. The first-order valence-corrected chi connectivity index (χ1v) is 15.5. The third kappa shape index (κ3) is 3.76. The van der Waals surface area contributed by atoms with Crippen LogP contribution in [0.15, 0.2) is 109 Å². The van der Waals surface area contributed by atoms with Crippen LogP contribution in [0.3, 0.4) is 0 Å². The minimum atomic E-state index is -1.57. The molecule has 4 heteroatoms. The van der Waals surface area contributed by atoms with Crippen molar-refractivity contribution < 1.29 is 0 Å². The number of pyridine rings is 2. The maximum Gasteiger partial charge on any atom is 0.145 e.